The molecule has 0 aromatic heterocycles. The van der Waals surface area contributed by atoms with Crippen molar-refractivity contribution < 1.29 is 125 Å². The van der Waals surface area contributed by atoms with Crippen molar-refractivity contribution in [3.05, 3.63) is 217 Å². The van der Waals surface area contributed by atoms with Gasteiger partial charge in [-0.2, -0.15) is 33.7 Å². The van der Waals surface area contributed by atoms with Crippen molar-refractivity contribution in [1.82, 2.24) is 24.5 Å². The Balaban J connectivity index is 0.000000177. The molecule has 44 heteroatoms. The van der Waals surface area contributed by atoms with Crippen molar-refractivity contribution >= 4 is 115 Å². The second kappa shape index (κ2) is 52.4. The van der Waals surface area contributed by atoms with E-state index in [4.69, 9.17) is 59.4 Å². The van der Waals surface area contributed by atoms with Gasteiger partial charge < -0.3 is 83.9 Å². The molecule has 0 bridgehead atoms. The Bertz CT molecular complexity index is 6640. The van der Waals surface area contributed by atoms with Crippen LogP contribution in [0.3, 0.4) is 0 Å². The molecule has 10 aromatic rings. The summed E-state index contributed by atoms with van der Waals surface area (Å²) < 4.78 is 198. The first kappa shape index (κ1) is 115. The van der Waals surface area contributed by atoms with E-state index in [9.17, 15) is 66.1 Å². The van der Waals surface area contributed by atoms with Gasteiger partial charge >= 0.3 is 70.6 Å². The van der Waals surface area contributed by atoms with Crippen LogP contribution in [-0.4, -0.2) is 259 Å². The zero-order chi connectivity index (χ0) is 108. The number of rotatable bonds is 42. The van der Waals surface area contributed by atoms with Gasteiger partial charge in [-0.15, -0.1) is 0 Å². The third kappa shape index (κ3) is 28.7. The summed E-state index contributed by atoms with van der Waals surface area (Å²) >= 11 is 0. The SMILES string of the molecule is CCCCN1CCN(c2ccc(S(=O)(=O)Oc3cc(OC)c(OC)c(OC)c3)cc2)C1=O.CCCN1CCN(c2ccc(S(=O)(=O)Nc3cc(CC)c(OC)c(OC)c3)cc2)C1=O.CCCN1CCN(c2ccc(S(=O)(=O)Oc3cc(CC)cc(OC)c3)cc2)C1=O.CCCN1CCN(c2ccc(S(=O)(=O)Oc3cc(OC)c(OC)c(OC)c3)cc2)C1=O.CCCN1CCN(c2ccc(S(=O)(=O)Oc3cccc(C)c3)cc2)C1=O. The number of nitrogens with zero attached hydrogens (tertiary/aromatic N) is 10. The lowest BCUT2D eigenvalue weighted by molar-refractivity contribution is 0.219. The second-order valence-corrected chi connectivity index (χ2v) is 42.2. The third-order valence-corrected chi connectivity index (χ3v) is 30.7. The standard InChI is InChI=1S/C22H29N3O5S.C22H28N2O7S.C21H26N2O7S.C21H26N2O5S.C19H22N2O4S/c1-5-11-24-12-13-25(22(24)26)18-7-9-19(10-8-18)31(27,28)23-17-14-16(6-2)21(30-4)20(15-17)29-3;1-5-6-11-23-12-13-24(22(23)25)16-7-9-18(10-8-16)32(26,27)31-17-14-19(28-2)21(30-4)20(15-17)29-3;1-5-10-22-11-12-23(21(22)24)15-6-8-17(9-7-15)31(25,26)30-16-13-18(27-2)20(29-4)19(14-16)28-3;1-4-10-22-11-12-23(21(22)24)17-6-8-20(9-7-17)29(25,26)28-19-14-16(5-2)13-18(15-19)27-3;1-3-11-20-12-13-21(19(20)22)16-7-9-18(10-8-16)26(23,24)25-17-6-4-5-15(2)14-17/h7-10,14-15,23H,5-6,11-13H2,1-4H3;7-10,14-15H,5-6,11-13H2,1-4H3;6-9,13-14H,5,10-12H2,1-4H3;6-9,13-15H,4-5,10-12H2,1-3H3;4-10,14H,3,11-13H2,1-2H3. The predicted octanol–water partition coefficient (Wildman–Crippen LogP) is 17.5. The van der Waals surface area contributed by atoms with E-state index < -0.39 is 50.5 Å². The van der Waals surface area contributed by atoms with Crippen LogP contribution >= 0.6 is 0 Å². The highest BCUT2D eigenvalue weighted by Gasteiger charge is 2.37. The zero-order valence-corrected chi connectivity index (χ0v) is 90.8. The van der Waals surface area contributed by atoms with Crippen LogP contribution in [0.1, 0.15) is 104 Å². The minimum absolute atomic E-state index is 0.0171. The first-order chi connectivity index (χ1) is 71.3. The van der Waals surface area contributed by atoms with E-state index in [1.165, 1.54) is 148 Å². The van der Waals surface area contributed by atoms with Crippen LogP contribution < -0.4 is 88.6 Å². The Labute approximate surface area is 873 Å². The van der Waals surface area contributed by atoms with Crippen molar-refractivity contribution in [2.45, 2.75) is 131 Å². The lowest BCUT2D eigenvalue weighted by atomic mass is 10.1. The average molecular weight is 2160 g/mol. The van der Waals surface area contributed by atoms with Gasteiger partial charge in [-0.3, -0.25) is 29.2 Å². The topological polar surface area (TPSA) is 420 Å². The molecule has 0 atom stereocenters. The molecule has 1 N–H and O–H groups in total. The maximum Gasteiger partial charge on any atom is 0.339 e. The Morgan fingerprint density at radius 2 is 0.557 bits per heavy atom. The second-order valence-electron chi connectivity index (χ2n) is 34.3. The first-order valence-electron chi connectivity index (χ1n) is 48.5. The number of amides is 10. The number of anilines is 6. The van der Waals surface area contributed by atoms with Crippen LogP contribution in [0.5, 0.6) is 74.7 Å². The molecule has 0 radical (unpaired) electrons. The van der Waals surface area contributed by atoms with Crippen molar-refractivity contribution in [1.29, 1.82) is 0 Å². The zero-order valence-electron chi connectivity index (χ0n) is 86.8. The molecule has 5 aliphatic heterocycles. The molecule has 5 heterocycles. The highest BCUT2D eigenvalue weighted by atomic mass is 32.2. The summed E-state index contributed by atoms with van der Waals surface area (Å²) in [5.41, 5.74) is 6.36. The van der Waals surface area contributed by atoms with E-state index >= 15 is 0 Å². The van der Waals surface area contributed by atoms with Crippen LogP contribution in [-0.2, 0) is 63.3 Å². The van der Waals surface area contributed by atoms with E-state index in [1.54, 1.807) is 148 Å². The fourth-order valence-corrected chi connectivity index (χ4v) is 21.4. The summed E-state index contributed by atoms with van der Waals surface area (Å²) in [4.78, 5) is 79.7. The summed E-state index contributed by atoms with van der Waals surface area (Å²) in [6.45, 7) is 25.8. The number of carbonyl (C=O) groups excluding carboxylic acids is 5. The number of hydrogen-bond acceptors (Lipinski definition) is 28. The number of carbonyl (C=O) groups is 5. The summed E-state index contributed by atoms with van der Waals surface area (Å²) in [5.74, 6) is 3.83. The van der Waals surface area contributed by atoms with Gasteiger partial charge in [0, 0.05) is 163 Å². The summed E-state index contributed by atoms with van der Waals surface area (Å²) in [6, 6.07) is 51.4. The normalized spacial score (nSPS) is 14.2. The number of benzene rings is 10. The molecule has 0 saturated carbocycles. The smallest absolute Gasteiger partial charge is 0.339 e. The van der Waals surface area contributed by atoms with Gasteiger partial charge in [0.2, 0.25) is 11.5 Å². The van der Waals surface area contributed by atoms with E-state index in [-0.39, 0.29) is 101 Å². The third-order valence-electron chi connectivity index (χ3n) is 24.3. The molecule has 10 aromatic carbocycles. The average Bonchev–Trinajstić information content (AvgIpc) is 1.26. The number of nitrogens with one attached hydrogen (secondary N) is 1. The molecular formula is C105H131N11O28S5. The number of urea groups is 5. The largest absolute Gasteiger partial charge is 0.497 e. The molecular weight excluding hydrogens is 2020 g/mol. The number of methoxy groups -OCH3 is 9. The van der Waals surface area contributed by atoms with Crippen molar-refractivity contribution in [3.63, 3.8) is 0 Å². The number of unbranched alkanes of at least 4 members (excludes halogenated alkanes) is 1. The van der Waals surface area contributed by atoms with Gasteiger partial charge in [0.25, 0.3) is 10.0 Å². The van der Waals surface area contributed by atoms with Gasteiger partial charge in [-0.25, -0.2) is 32.4 Å². The summed E-state index contributed by atoms with van der Waals surface area (Å²) in [7, 11) is -6.80. The monoisotopic (exact) mass is 2150 g/mol. The van der Waals surface area contributed by atoms with Crippen LogP contribution in [0, 0.1) is 6.92 Å². The van der Waals surface area contributed by atoms with Crippen LogP contribution in [0.2, 0.25) is 0 Å². The Hall–Kier alpha value is -14.5. The molecule has 149 heavy (non-hydrogen) atoms. The van der Waals surface area contributed by atoms with Crippen LogP contribution in [0.4, 0.5) is 58.1 Å². The van der Waals surface area contributed by atoms with Crippen molar-refractivity contribution in [2.24, 2.45) is 0 Å². The van der Waals surface area contributed by atoms with Gasteiger partial charge in [0.1, 0.15) is 36.8 Å². The quantitative estimate of drug-likeness (QED) is 0.0347. The first-order valence-corrected chi connectivity index (χ1v) is 55.7. The minimum Gasteiger partial charge on any atom is -0.497 e. The molecule has 5 fully saturated rings. The number of hydrogen-bond donors (Lipinski definition) is 1. The van der Waals surface area contributed by atoms with E-state index in [0.29, 0.717) is 141 Å². The molecule has 0 aliphatic carbocycles. The highest BCUT2D eigenvalue weighted by molar-refractivity contribution is 7.92. The minimum atomic E-state index is -4.13. The Morgan fingerprint density at radius 3 is 0.832 bits per heavy atom. The molecule has 39 nitrogen and oxygen atoms in total. The molecule has 0 spiro atoms. The van der Waals surface area contributed by atoms with Gasteiger partial charge in [-0.1, -0.05) is 67.0 Å². The Kier molecular flexibility index (Phi) is 40.4. The number of sulfonamides is 1. The van der Waals surface area contributed by atoms with Crippen molar-refractivity contribution in [3.8, 4) is 74.7 Å². The lowest BCUT2D eigenvalue weighted by Crippen LogP contribution is -2.32. The van der Waals surface area contributed by atoms with Gasteiger partial charge in [0.05, 0.1) is 74.6 Å². The maximum atomic E-state index is 12.9. The van der Waals surface area contributed by atoms with E-state index in [1.807, 2.05) is 65.5 Å². The fraction of sp³-hybridized carbons (Fsp3) is 0.381. The molecule has 5 saturated heterocycles. The molecule has 0 unspecified atom stereocenters. The van der Waals surface area contributed by atoms with Gasteiger partial charge in [0.15, 0.2) is 46.0 Å². The fourth-order valence-electron chi connectivity index (χ4n) is 16.7. The number of ether oxygens (including phenoxy) is 9. The summed E-state index contributed by atoms with van der Waals surface area (Å²) in [6.07, 6.45) is 6.94. The van der Waals surface area contributed by atoms with Gasteiger partial charge in [-0.05, 0) is 220 Å². The predicted molar refractivity (Wildman–Crippen MR) is 567 cm³/mol. The summed E-state index contributed by atoms with van der Waals surface area (Å²) in [5, 5.41) is 0. The van der Waals surface area contributed by atoms with E-state index in [0.717, 1.165) is 87.8 Å². The molecule has 10 amide bonds. The molecule has 804 valence electrons. The molecule has 5 aliphatic rings. The molecule has 15 rings (SSSR count). The Morgan fingerprint density at radius 1 is 0.268 bits per heavy atom. The van der Waals surface area contributed by atoms with E-state index in [2.05, 4.69) is 11.6 Å². The lowest BCUT2D eigenvalue weighted by Gasteiger charge is -2.19. The highest BCUT2D eigenvalue weighted by Crippen LogP contribution is 2.45. The van der Waals surface area contributed by atoms with Crippen LogP contribution in [0.25, 0.3) is 0 Å². The van der Waals surface area contributed by atoms with Crippen molar-refractivity contribution in [2.75, 3.05) is 191 Å². The maximum absolute atomic E-state index is 12.9. The number of aryl methyl sites for hydroxylation is 3. The van der Waals surface area contributed by atoms with Crippen LogP contribution in [0.15, 0.2) is 225 Å².